The van der Waals surface area contributed by atoms with Gasteiger partial charge in [-0.25, -0.2) is 4.79 Å². The number of carbonyl (C=O) groups is 1. The van der Waals surface area contributed by atoms with E-state index in [4.69, 9.17) is 21.1 Å². The van der Waals surface area contributed by atoms with Gasteiger partial charge in [0.2, 0.25) is 0 Å². The summed E-state index contributed by atoms with van der Waals surface area (Å²) in [5, 5.41) is 3.93. The van der Waals surface area contributed by atoms with Gasteiger partial charge in [-0.15, -0.1) is 0 Å². The van der Waals surface area contributed by atoms with Crippen LogP contribution in [0, 0.1) is 25.2 Å². The summed E-state index contributed by atoms with van der Waals surface area (Å²) < 4.78 is 12.1. The van der Waals surface area contributed by atoms with E-state index in [1.165, 1.54) is 5.56 Å². The second kappa shape index (κ2) is 8.52. The van der Waals surface area contributed by atoms with Gasteiger partial charge in [-0.05, 0) is 69.0 Å². The summed E-state index contributed by atoms with van der Waals surface area (Å²) in [5.74, 6) is 1.27. The number of nitrogens with one attached hydrogen (secondary N) is 1. The summed E-state index contributed by atoms with van der Waals surface area (Å²) in [7, 11) is 0. The van der Waals surface area contributed by atoms with E-state index in [1.807, 2.05) is 13.0 Å². The standard InChI is InChI=1S/C27H33ClN2O3/c1-16-11-17(2)24(28)21(12-16)19-5-6-20-22(13-19)32-15-27(3,4)25(20)29-26(31)33-23-14-30-9-7-18(23)8-10-30/h5-6,11-13,18,23,25H,7-10,14-15H2,1-4H3,(H,29,31)/t23-,25?/m1/s1. The first-order chi connectivity index (χ1) is 15.7. The lowest BCUT2D eigenvalue weighted by molar-refractivity contribution is -0.0361. The third-order valence-electron chi connectivity index (χ3n) is 7.53. The van der Waals surface area contributed by atoms with Crippen molar-refractivity contribution in [3.05, 3.63) is 52.0 Å². The minimum atomic E-state index is -0.332. The fourth-order valence-corrected chi connectivity index (χ4v) is 5.82. The summed E-state index contributed by atoms with van der Waals surface area (Å²) in [5.41, 5.74) is 4.94. The Morgan fingerprint density at radius 1 is 1.18 bits per heavy atom. The molecule has 2 aromatic carbocycles. The van der Waals surface area contributed by atoms with E-state index in [0.717, 1.165) is 65.5 Å². The number of piperidine rings is 3. The normalized spacial score (nSPS) is 27.4. The van der Waals surface area contributed by atoms with Crippen molar-refractivity contribution in [2.24, 2.45) is 11.3 Å². The molecule has 0 radical (unpaired) electrons. The van der Waals surface area contributed by atoms with Crippen molar-refractivity contribution in [2.75, 3.05) is 26.2 Å². The zero-order valence-electron chi connectivity index (χ0n) is 19.9. The number of nitrogens with zero attached hydrogens (tertiary/aromatic N) is 1. The van der Waals surface area contributed by atoms with Crippen molar-refractivity contribution >= 4 is 17.7 Å². The summed E-state index contributed by atoms with van der Waals surface area (Å²) in [6, 6.07) is 10.2. The van der Waals surface area contributed by atoms with Crippen LogP contribution in [0.25, 0.3) is 11.1 Å². The van der Waals surface area contributed by atoms with Gasteiger partial charge in [-0.1, -0.05) is 49.2 Å². The molecule has 0 spiro atoms. The number of rotatable bonds is 3. The van der Waals surface area contributed by atoms with Crippen molar-refractivity contribution in [2.45, 2.75) is 52.7 Å². The maximum Gasteiger partial charge on any atom is 0.407 e. The highest BCUT2D eigenvalue weighted by atomic mass is 35.5. The molecule has 5 nitrogen and oxygen atoms in total. The van der Waals surface area contributed by atoms with Crippen LogP contribution >= 0.6 is 11.6 Å². The molecule has 6 rings (SSSR count). The molecule has 1 N–H and O–H groups in total. The molecule has 2 atom stereocenters. The molecule has 3 saturated heterocycles. The number of benzene rings is 2. The fourth-order valence-electron chi connectivity index (χ4n) is 5.60. The van der Waals surface area contributed by atoms with E-state index >= 15 is 0 Å². The van der Waals surface area contributed by atoms with Crippen LogP contribution in [0.4, 0.5) is 4.79 Å². The zero-order chi connectivity index (χ0) is 23.3. The minimum absolute atomic E-state index is 0.0102. The maximum atomic E-state index is 13.0. The highest BCUT2D eigenvalue weighted by molar-refractivity contribution is 6.34. The molecular weight excluding hydrogens is 436 g/mol. The molecule has 0 aromatic heterocycles. The lowest BCUT2D eigenvalue weighted by Gasteiger charge is -2.44. The second-order valence-electron chi connectivity index (χ2n) is 10.6. The molecule has 2 aromatic rings. The van der Waals surface area contributed by atoms with Gasteiger partial charge in [-0.3, -0.25) is 4.90 Å². The minimum Gasteiger partial charge on any atom is -0.493 e. The highest BCUT2D eigenvalue weighted by Gasteiger charge is 2.41. The zero-order valence-corrected chi connectivity index (χ0v) is 20.7. The quantitative estimate of drug-likeness (QED) is 0.608. The first-order valence-corrected chi connectivity index (χ1v) is 12.3. The maximum absolute atomic E-state index is 13.0. The van der Waals surface area contributed by atoms with Gasteiger partial charge in [0.05, 0.1) is 17.7 Å². The molecule has 6 heteroatoms. The average molecular weight is 469 g/mol. The van der Waals surface area contributed by atoms with Gasteiger partial charge in [0.1, 0.15) is 11.9 Å². The molecule has 1 amide bonds. The van der Waals surface area contributed by atoms with Crippen LogP contribution in [-0.4, -0.2) is 43.3 Å². The third kappa shape index (κ3) is 4.33. The number of carbonyl (C=O) groups excluding carboxylic acids is 1. The van der Waals surface area contributed by atoms with Crippen LogP contribution in [-0.2, 0) is 4.74 Å². The smallest absolute Gasteiger partial charge is 0.407 e. The molecule has 4 aliphatic heterocycles. The number of amides is 1. The monoisotopic (exact) mass is 468 g/mol. The Morgan fingerprint density at radius 2 is 1.94 bits per heavy atom. The van der Waals surface area contributed by atoms with Crippen molar-refractivity contribution in [1.29, 1.82) is 0 Å². The Bertz CT molecular complexity index is 1080. The van der Waals surface area contributed by atoms with E-state index < -0.39 is 0 Å². The molecule has 4 heterocycles. The SMILES string of the molecule is Cc1cc(C)c(Cl)c(-c2ccc3c(c2)OCC(C)(C)C3NC(=O)O[C@@H]2CN3CCC2CC3)c1. The number of halogens is 1. The van der Waals surface area contributed by atoms with Crippen LogP contribution in [0.3, 0.4) is 0 Å². The topological polar surface area (TPSA) is 50.8 Å². The Labute approximate surface area is 201 Å². The summed E-state index contributed by atoms with van der Waals surface area (Å²) >= 11 is 6.63. The van der Waals surface area contributed by atoms with Gasteiger partial charge >= 0.3 is 6.09 Å². The molecule has 1 unspecified atom stereocenters. The molecule has 0 aliphatic carbocycles. The Balaban J connectivity index is 1.38. The Kier molecular flexibility index (Phi) is 5.82. The number of hydrogen-bond donors (Lipinski definition) is 1. The van der Waals surface area contributed by atoms with Gasteiger partial charge in [0.25, 0.3) is 0 Å². The van der Waals surface area contributed by atoms with Crippen molar-refractivity contribution in [3.8, 4) is 16.9 Å². The molecule has 2 bridgehead atoms. The lowest BCUT2D eigenvalue weighted by Crippen LogP contribution is -2.53. The first kappa shape index (κ1) is 22.5. The number of hydrogen-bond acceptors (Lipinski definition) is 4. The van der Waals surface area contributed by atoms with Crippen molar-refractivity contribution < 1.29 is 14.3 Å². The number of aryl methyl sites for hydroxylation is 2. The van der Waals surface area contributed by atoms with Gasteiger partial charge in [-0.2, -0.15) is 0 Å². The molecule has 33 heavy (non-hydrogen) atoms. The van der Waals surface area contributed by atoms with Crippen molar-refractivity contribution in [3.63, 3.8) is 0 Å². The summed E-state index contributed by atoms with van der Waals surface area (Å²) in [6.45, 7) is 11.9. The lowest BCUT2D eigenvalue weighted by atomic mass is 9.78. The van der Waals surface area contributed by atoms with E-state index in [1.54, 1.807) is 0 Å². The number of ether oxygens (including phenoxy) is 2. The predicted molar refractivity (Wildman–Crippen MR) is 131 cm³/mol. The van der Waals surface area contributed by atoms with Crippen LogP contribution in [0.5, 0.6) is 5.75 Å². The van der Waals surface area contributed by atoms with E-state index in [9.17, 15) is 4.79 Å². The average Bonchev–Trinajstić information content (AvgIpc) is 2.79. The molecule has 176 valence electrons. The fraction of sp³-hybridized carbons (Fsp3) is 0.519. The number of alkyl carbamates (subject to hydrolysis) is 1. The summed E-state index contributed by atoms with van der Waals surface area (Å²) in [4.78, 5) is 15.3. The van der Waals surface area contributed by atoms with Gasteiger partial charge in [0.15, 0.2) is 0 Å². The Morgan fingerprint density at radius 3 is 2.64 bits per heavy atom. The van der Waals surface area contributed by atoms with Crippen LogP contribution in [0.15, 0.2) is 30.3 Å². The van der Waals surface area contributed by atoms with E-state index in [0.29, 0.717) is 12.5 Å². The van der Waals surface area contributed by atoms with Crippen LogP contribution < -0.4 is 10.1 Å². The van der Waals surface area contributed by atoms with Gasteiger partial charge in [0, 0.05) is 23.1 Å². The third-order valence-corrected chi connectivity index (χ3v) is 8.03. The molecular formula is C27H33ClN2O3. The van der Waals surface area contributed by atoms with Crippen LogP contribution in [0.1, 0.15) is 49.4 Å². The highest BCUT2D eigenvalue weighted by Crippen LogP contribution is 2.45. The number of fused-ring (bicyclic) bond motifs is 4. The van der Waals surface area contributed by atoms with Crippen molar-refractivity contribution in [1.82, 2.24) is 10.2 Å². The first-order valence-electron chi connectivity index (χ1n) is 11.9. The van der Waals surface area contributed by atoms with Gasteiger partial charge < -0.3 is 14.8 Å². The van der Waals surface area contributed by atoms with Crippen LogP contribution in [0.2, 0.25) is 5.02 Å². The molecule has 4 aliphatic rings. The largest absolute Gasteiger partial charge is 0.493 e. The van der Waals surface area contributed by atoms with E-state index in [2.05, 4.69) is 55.3 Å². The summed E-state index contributed by atoms with van der Waals surface area (Å²) in [6.07, 6.45) is 1.89. The second-order valence-corrected chi connectivity index (χ2v) is 11.0. The molecule has 3 fully saturated rings. The predicted octanol–water partition coefficient (Wildman–Crippen LogP) is 5.90. The molecule has 0 saturated carbocycles. The van der Waals surface area contributed by atoms with E-state index in [-0.39, 0.29) is 23.7 Å². The Hall–Kier alpha value is -2.24.